The molecule has 2 unspecified atom stereocenters. The van der Waals surface area contributed by atoms with Gasteiger partial charge in [-0.05, 0) is 43.9 Å². The Hall–Kier alpha value is -1.34. The Morgan fingerprint density at radius 3 is 2.33 bits per heavy atom. The number of halogens is 5. The fourth-order valence-corrected chi connectivity index (χ4v) is 3.59. The molecule has 3 nitrogen and oxygen atoms in total. The number of amides is 1. The van der Waals surface area contributed by atoms with Crippen molar-refractivity contribution in [1.29, 1.82) is 0 Å². The molecule has 2 fully saturated rings. The van der Waals surface area contributed by atoms with Gasteiger partial charge in [-0.25, -0.2) is 4.39 Å². The average Bonchev–Trinajstić information content (AvgIpc) is 2.83. The van der Waals surface area contributed by atoms with E-state index in [0.29, 0.717) is 24.2 Å². The molecule has 0 aliphatic carbocycles. The molecule has 2 atom stereocenters. The van der Waals surface area contributed by atoms with Gasteiger partial charge in [-0.15, -0.1) is 12.4 Å². The summed E-state index contributed by atoms with van der Waals surface area (Å²) in [5.74, 6) is -1.86. The number of hydrogen-bond acceptors (Lipinski definition) is 2. The van der Waals surface area contributed by atoms with Crippen molar-refractivity contribution in [3.05, 3.63) is 35.1 Å². The van der Waals surface area contributed by atoms with Crippen molar-refractivity contribution in [2.45, 2.75) is 50.0 Å². The van der Waals surface area contributed by atoms with Gasteiger partial charge >= 0.3 is 6.18 Å². The molecule has 1 aromatic rings. The van der Waals surface area contributed by atoms with Crippen molar-refractivity contribution in [2.24, 2.45) is 0 Å². The second-order valence-corrected chi connectivity index (χ2v) is 6.37. The molecule has 24 heavy (non-hydrogen) atoms. The topological polar surface area (TPSA) is 32.3 Å². The Balaban J connectivity index is 0.00000208. The Kier molecular flexibility index (Phi) is 5.44. The van der Waals surface area contributed by atoms with Gasteiger partial charge in [0.25, 0.3) is 5.91 Å². The number of carbonyl (C=O) groups excluding carboxylic acids is 1. The summed E-state index contributed by atoms with van der Waals surface area (Å²) in [5.41, 5.74) is -1.53. The van der Waals surface area contributed by atoms with Crippen LogP contribution in [0.15, 0.2) is 18.2 Å². The molecule has 2 heterocycles. The molecule has 2 aliphatic rings. The predicted octanol–water partition coefficient (Wildman–Crippen LogP) is 3.62. The van der Waals surface area contributed by atoms with Crippen LogP contribution in [0.5, 0.6) is 0 Å². The van der Waals surface area contributed by atoms with Crippen LogP contribution < -0.4 is 5.32 Å². The van der Waals surface area contributed by atoms with Crippen molar-refractivity contribution < 1.29 is 22.4 Å². The van der Waals surface area contributed by atoms with Gasteiger partial charge in [0.2, 0.25) is 0 Å². The summed E-state index contributed by atoms with van der Waals surface area (Å²) < 4.78 is 51.7. The molecule has 0 radical (unpaired) electrons. The van der Waals surface area contributed by atoms with E-state index >= 15 is 0 Å². The first-order valence-corrected chi connectivity index (χ1v) is 7.65. The van der Waals surface area contributed by atoms with Gasteiger partial charge in [-0.1, -0.05) is 0 Å². The summed E-state index contributed by atoms with van der Waals surface area (Å²) in [5, 5.41) is 3.45. The quantitative estimate of drug-likeness (QED) is 0.811. The molecule has 2 saturated heterocycles. The van der Waals surface area contributed by atoms with E-state index in [2.05, 4.69) is 5.32 Å². The largest absolute Gasteiger partial charge is 0.419 e. The van der Waals surface area contributed by atoms with E-state index in [9.17, 15) is 22.4 Å². The first-order chi connectivity index (χ1) is 10.8. The fraction of sp³-hybridized carbons (Fsp3) is 0.562. The Labute approximate surface area is 143 Å². The number of rotatable bonds is 2. The molecule has 0 aromatic heterocycles. The predicted molar refractivity (Wildman–Crippen MR) is 83.7 cm³/mol. The summed E-state index contributed by atoms with van der Waals surface area (Å²) in [7, 11) is 1.61. The van der Waals surface area contributed by atoms with Crippen molar-refractivity contribution in [3.8, 4) is 0 Å². The zero-order chi connectivity index (χ0) is 16.8. The molecule has 8 heteroatoms. The van der Waals surface area contributed by atoms with Gasteiger partial charge in [0.1, 0.15) is 5.82 Å². The van der Waals surface area contributed by atoms with Crippen molar-refractivity contribution >= 4 is 18.3 Å². The third kappa shape index (κ3) is 3.67. The van der Waals surface area contributed by atoms with Crippen LogP contribution in [0.4, 0.5) is 17.6 Å². The second kappa shape index (κ2) is 6.88. The van der Waals surface area contributed by atoms with Gasteiger partial charge < -0.3 is 10.2 Å². The first kappa shape index (κ1) is 19.0. The molecular formula is C16H19ClF4N2O. The lowest BCUT2D eigenvalue weighted by atomic mass is 9.97. The van der Waals surface area contributed by atoms with E-state index in [4.69, 9.17) is 0 Å². The van der Waals surface area contributed by atoms with Gasteiger partial charge in [0, 0.05) is 30.7 Å². The molecule has 2 aliphatic heterocycles. The molecular weight excluding hydrogens is 348 g/mol. The fourth-order valence-electron chi connectivity index (χ4n) is 3.59. The molecule has 1 aromatic carbocycles. The van der Waals surface area contributed by atoms with Crippen molar-refractivity contribution in [1.82, 2.24) is 10.2 Å². The zero-order valence-corrected chi connectivity index (χ0v) is 13.9. The zero-order valence-electron chi connectivity index (χ0n) is 13.1. The molecule has 134 valence electrons. The van der Waals surface area contributed by atoms with Crippen LogP contribution in [0.25, 0.3) is 0 Å². The maximum absolute atomic E-state index is 13.3. The van der Waals surface area contributed by atoms with Crippen LogP contribution in [0.3, 0.4) is 0 Å². The highest BCUT2D eigenvalue weighted by atomic mass is 35.5. The van der Waals surface area contributed by atoms with E-state index < -0.39 is 23.5 Å². The molecule has 2 bridgehead atoms. The number of piperidine rings is 1. The molecule has 1 amide bonds. The number of benzene rings is 1. The number of nitrogens with one attached hydrogen (secondary N) is 1. The maximum atomic E-state index is 13.3. The van der Waals surface area contributed by atoms with Gasteiger partial charge in [0.15, 0.2) is 0 Å². The monoisotopic (exact) mass is 366 g/mol. The number of carbonyl (C=O) groups is 1. The SMILES string of the molecule is CN(C(=O)c1ccc(F)c(C(F)(F)F)c1)C1CC2CCC(C1)N2.Cl. The van der Waals surface area contributed by atoms with E-state index in [1.54, 1.807) is 7.05 Å². The molecule has 1 N–H and O–H groups in total. The standard InChI is InChI=1S/C16H18F4N2O.ClH/c1-22(12-7-10-3-4-11(8-12)21-10)15(23)9-2-5-14(17)13(6-9)16(18,19)20;/h2,5-6,10-12,21H,3-4,7-8H2,1H3;1H. The number of nitrogens with zero attached hydrogens (tertiary/aromatic N) is 1. The van der Waals surface area contributed by atoms with Crippen LogP contribution in [0, 0.1) is 5.82 Å². The van der Waals surface area contributed by atoms with Crippen LogP contribution in [-0.4, -0.2) is 36.0 Å². The minimum atomic E-state index is -4.81. The highest BCUT2D eigenvalue weighted by molar-refractivity contribution is 5.94. The second-order valence-electron chi connectivity index (χ2n) is 6.37. The highest BCUT2D eigenvalue weighted by Crippen LogP contribution is 2.33. The van der Waals surface area contributed by atoms with Gasteiger partial charge in [-0.2, -0.15) is 13.2 Å². The number of fused-ring (bicyclic) bond motifs is 2. The lowest BCUT2D eigenvalue weighted by molar-refractivity contribution is -0.140. The third-order valence-corrected chi connectivity index (χ3v) is 4.83. The Bertz CT molecular complexity index is 611. The Morgan fingerprint density at radius 2 is 1.79 bits per heavy atom. The number of alkyl halides is 3. The van der Waals surface area contributed by atoms with Crippen LogP contribution in [0.1, 0.15) is 41.6 Å². The van der Waals surface area contributed by atoms with Crippen LogP contribution >= 0.6 is 12.4 Å². The van der Waals surface area contributed by atoms with E-state index in [1.807, 2.05) is 0 Å². The maximum Gasteiger partial charge on any atom is 0.419 e. The van der Waals surface area contributed by atoms with Gasteiger partial charge in [0.05, 0.1) is 5.56 Å². The summed E-state index contributed by atoms with van der Waals surface area (Å²) in [4.78, 5) is 14.0. The van der Waals surface area contributed by atoms with E-state index in [-0.39, 0.29) is 24.0 Å². The molecule has 3 rings (SSSR count). The smallest absolute Gasteiger partial charge is 0.339 e. The van der Waals surface area contributed by atoms with E-state index in [0.717, 1.165) is 31.7 Å². The summed E-state index contributed by atoms with van der Waals surface area (Å²) in [6.45, 7) is 0. The lowest BCUT2D eigenvalue weighted by Gasteiger charge is -2.35. The summed E-state index contributed by atoms with van der Waals surface area (Å²) in [6.07, 6.45) is -1.08. The summed E-state index contributed by atoms with van der Waals surface area (Å²) in [6, 6.07) is 3.15. The number of hydrogen-bond donors (Lipinski definition) is 1. The highest BCUT2D eigenvalue weighted by Gasteiger charge is 2.38. The van der Waals surface area contributed by atoms with Crippen molar-refractivity contribution in [3.63, 3.8) is 0 Å². The third-order valence-electron chi connectivity index (χ3n) is 4.83. The Morgan fingerprint density at radius 1 is 1.21 bits per heavy atom. The van der Waals surface area contributed by atoms with Gasteiger partial charge in [-0.3, -0.25) is 4.79 Å². The van der Waals surface area contributed by atoms with Crippen LogP contribution in [-0.2, 0) is 6.18 Å². The first-order valence-electron chi connectivity index (χ1n) is 7.65. The molecule has 0 spiro atoms. The van der Waals surface area contributed by atoms with E-state index in [1.165, 1.54) is 4.90 Å². The van der Waals surface area contributed by atoms with Crippen molar-refractivity contribution in [2.75, 3.05) is 7.05 Å². The minimum Gasteiger partial charge on any atom is -0.339 e. The average molecular weight is 367 g/mol. The molecule has 0 saturated carbocycles. The van der Waals surface area contributed by atoms with Crippen LogP contribution in [0.2, 0.25) is 0 Å². The minimum absolute atomic E-state index is 0. The normalized spacial score (nSPS) is 26.0. The lowest BCUT2D eigenvalue weighted by Crippen LogP contribution is -2.48. The summed E-state index contributed by atoms with van der Waals surface area (Å²) >= 11 is 0.